The molecule has 0 radical (unpaired) electrons. The number of halogens is 3. The Morgan fingerprint density at radius 2 is 1.96 bits per heavy atom. The number of aromatic nitrogens is 2. The van der Waals surface area contributed by atoms with Crippen molar-refractivity contribution in [1.29, 1.82) is 0 Å². The number of carbonyl (C=O) groups is 2. The first kappa shape index (κ1) is 19.8. The lowest BCUT2D eigenvalue weighted by Gasteiger charge is -2.11. The van der Waals surface area contributed by atoms with Crippen molar-refractivity contribution in [3.63, 3.8) is 0 Å². The fourth-order valence-corrected chi connectivity index (χ4v) is 2.95. The Morgan fingerprint density at radius 1 is 1.25 bits per heavy atom. The molecule has 1 aromatic heterocycles. The van der Waals surface area contributed by atoms with E-state index in [1.165, 1.54) is 12.1 Å². The topological polar surface area (TPSA) is 94.3 Å². The number of nitrogens with one attached hydrogen (secondary N) is 1. The van der Waals surface area contributed by atoms with Gasteiger partial charge in [-0.2, -0.15) is 18.2 Å². The van der Waals surface area contributed by atoms with Crippen LogP contribution in [0.3, 0.4) is 0 Å². The summed E-state index contributed by atoms with van der Waals surface area (Å²) in [6.07, 6.45) is -2.44. The number of carbonyl (C=O) groups excluding carboxylic acids is 2. The molecule has 1 aliphatic carbocycles. The van der Waals surface area contributed by atoms with E-state index < -0.39 is 23.9 Å². The Labute approximate surface area is 158 Å². The Bertz CT molecular complexity index is 849. The first-order chi connectivity index (χ1) is 13.2. The molecule has 1 N–H and O–H groups in total. The highest BCUT2D eigenvalue weighted by Crippen LogP contribution is 2.29. The van der Waals surface area contributed by atoms with Crippen LogP contribution in [-0.2, 0) is 27.0 Å². The minimum atomic E-state index is -4.71. The summed E-state index contributed by atoms with van der Waals surface area (Å²) in [7, 11) is 0. The fraction of sp³-hybridized carbons (Fsp3) is 0.444. The van der Waals surface area contributed by atoms with E-state index in [0.29, 0.717) is 17.0 Å². The van der Waals surface area contributed by atoms with Crippen LogP contribution < -0.4 is 5.32 Å². The molecule has 10 heteroatoms. The maximum absolute atomic E-state index is 12.5. The predicted molar refractivity (Wildman–Crippen MR) is 89.5 cm³/mol. The molecular formula is C18H18F3N3O4. The zero-order chi connectivity index (χ0) is 20.3. The molecule has 1 aliphatic rings. The number of nitrogens with zero attached hydrogens (tertiary/aromatic N) is 2. The molecule has 0 aliphatic heterocycles. The van der Waals surface area contributed by atoms with E-state index in [9.17, 15) is 22.8 Å². The molecular weight excluding hydrogens is 379 g/mol. The number of benzene rings is 1. The standard InChI is InChI=1S/C18H18F3N3O4/c1-10-2-7-13(8-10)27-16(26)15(25)22-9-11-3-5-12(6-4-11)14-23-17(28-24-14)18(19,20)21/h3-6,10,13H,2,7-9H2,1H3,(H,22,25). The molecule has 1 saturated carbocycles. The van der Waals surface area contributed by atoms with Gasteiger partial charge in [-0.25, -0.2) is 4.79 Å². The van der Waals surface area contributed by atoms with Gasteiger partial charge < -0.3 is 14.6 Å². The van der Waals surface area contributed by atoms with Crippen molar-refractivity contribution >= 4 is 11.9 Å². The van der Waals surface area contributed by atoms with Gasteiger partial charge in [-0.3, -0.25) is 4.79 Å². The third-order valence-corrected chi connectivity index (χ3v) is 4.44. The van der Waals surface area contributed by atoms with E-state index in [1.54, 1.807) is 12.1 Å². The van der Waals surface area contributed by atoms with Crippen molar-refractivity contribution in [2.75, 3.05) is 0 Å². The van der Waals surface area contributed by atoms with Gasteiger partial charge in [0.15, 0.2) is 0 Å². The summed E-state index contributed by atoms with van der Waals surface area (Å²) in [5, 5.41) is 5.75. The van der Waals surface area contributed by atoms with Crippen LogP contribution in [0.2, 0.25) is 0 Å². The summed E-state index contributed by atoms with van der Waals surface area (Å²) < 4.78 is 46.8. The van der Waals surface area contributed by atoms with Crippen LogP contribution in [0.1, 0.15) is 37.6 Å². The molecule has 0 spiro atoms. The highest BCUT2D eigenvalue weighted by atomic mass is 19.4. The maximum atomic E-state index is 12.5. The molecule has 150 valence electrons. The normalized spacial score (nSPS) is 19.4. The second-order valence-electron chi connectivity index (χ2n) is 6.75. The van der Waals surface area contributed by atoms with Gasteiger partial charge in [0.2, 0.25) is 5.82 Å². The second-order valence-corrected chi connectivity index (χ2v) is 6.75. The van der Waals surface area contributed by atoms with Crippen LogP contribution in [0.4, 0.5) is 13.2 Å². The molecule has 1 heterocycles. The Hall–Kier alpha value is -2.91. The summed E-state index contributed by atoms with van der Waals surface area (Å²) in [4.78, 5) is 26.9. The van der Waals surface area contributed by atoms with Crippen molar-refractivity contribution in [3.8, 4) is 11.4 Å². The Balaban J connectivity index is 1.52. The second kappa shape index (κ2) is 7.99. The van der Waals surface area contributed by atoms with Crippen molar-refractivity contribution in [1.82, 2.24) is 15.5 Å². The Kier molecular flexibility index (Phi) is 5.66. The highest BCUT2D eigenvalue weighted by Gasteiger charge is 2.38. The zero-order valence-corrected chi connectivity index (χ0v) is 15.0. The number of hydrogen-bond donors (Lipinski definition) is 1. The summed E-state index contributed by atoms with van der Waals surface area (Å²) >= 11 is 0. The molecule has 2 atom stereocenters. The SMILES string of the molecule is CC1CCC(OC(=O)C(=O)NCc2ccc(-c3noc(C(F)(F)F)n3)cc2)C1. The van der Waals surface area contributed by atoms with Crippen LogP contribution in [0, 0.1) is 5.92 Å². The number of hydrogen-bond acceptors (Lipinski definition) is 6. The third-order valence-electron chi connectivity index (χ3n) is 4.44. The minimum Gasteiger partial charge on any atom is -0.455 e. The average Bonchev–Trinajstić information content (AvgIpc) is 3.29. The van der Waals surface area contributed by atoms with Crippen LogP contribution in [0.5, 0.6) is 0 Å². The van der Waals surface area contributed by atoms with Gasteiger partial charge in [-0.1, -0.05) is 36.3 Å². The third kappa shape index (κ3) is 4.87. The molecule has 1 fully saturated rings. The molecule has 28 heavy (non-hydrogen) atoms. The zero-order valence-electron chi connectivity index (χ0n) is 15.0. The monoisotopic (exact) mass is 397 g/mol. The van der Waals surface area contributed by atoms with Crippen LogP contribution in [0.15, 0.2) is 28.8 Å². The number of rotatable bonds is 4. The van der Waals surface area contributed by atoms with E-state index in [1.807, 2.05) is 0 Å². The van der Waals surface area contributed by atoms with Crippen molar-refractivity contribution in [3.05, 3.63) is 35.7 Å². The summed E-state index contributed by atoms with van der Waals surface area (Å²) in [5.74, 6) is -2.89. The number of esters is 1. The molecule has 3 rings (SSSR count). The molecule has 2 unspecified atom stereocenters. The lowest BCUT2D eigenvalue weighted by molar-refractivity contribution is -0.159. The number of ether oxygens (including phenoxy) is 1. The number of amides is 1. The lowest BCUT2D eigenvalue weighted by atomic mass is 10.1. The molecule has 0 saturated heterocycles. The van der Waals surface area contributed by atoms with Crippen molar-refractivity contribution in [2.45, 2.75) is 45.0 Å². The first-order valence-corrected chi connectivity index (χ1v) is 8.71. The first-order valence-electron chi connectivity index (χ1n) is 8.71. The Morgan fingerprint density at radius 3 is 2.54 bits per heavy atom. The van der Waals surface area contributed by atoms with Gasteiger partial charge in [0, 0.05) is 12.1 Å². The molecule has 0 bridgehead atoms. The van der Waals surface area contributed by atoms with Crippen molar-refractivity contribution < 1.29 is 32.0 Å². The quantitative estimate of drug-likeness (QED) is 0.629. The smallest absolute Gasteiger partial charge is 0.455 e. The highest BCUT2D eigenvalue weighted by molar-refractivity contribution is 6.32. The van der Waals surface area contributed by atoms with Crippen molar-refractivity contribution in [2.24, 2.45) is 5.92 Å². The fourth-order valence-electron chi connectivity index (χ4n) is 2.95. The van der Waals surface area contributed by atoms with Crippen LogP contribution >= 0.6 is 0 Å². The maximum Gasteiger partial charge on any atom is 0.471 e. The number of alkyl halides is 3. The lowest BCUT2D eigenvalue weighted by Crippen LogP contribution is -2.34. The molecule has 2 aromatic rings. The minimum absolute atomic E-state index is 0.0648. The van der Waals surface area contributed by atoms with Gasteiger partial charge in [-0.05, 0) is 30.7 Å². The van der Waals surface area contributed by atoms with Crippen LogP contribution in [-0.4, -0.2) is 28.1 Å². The van der Waals surface area contributed by atoms with Gasteiger partial charge in [-0.15, -0.1) is 0 Å². The van der Waals surface area contributed by atoms with Gasteiger partial charge in [0.1, 0.15) is 6.10 Å². The van der Waals surface area contributed by atoms with E-state index in [0.717, 1.165) is 19.3 Å². The van der Waals surface area contributed by atoms with Gasteiger partial charge >= 0.3 is 23.9 Å². The van der Waals surface area contributed by atoms with E-state index in [4.69, 9.17) is 4.74 Å². The van der Waals surface area contributed by atoms with Gasteiger partial charge in [0.25, 0.3) is 0 Å². The van der Waals surface area contributed by atoms with Crippen LogP contribution in [0.25, 0.3) is 11.4 Å². The summed E-state index contributed by atoms with van der Waals surface area (Å²) in [6.45, 7) is 2.13. The molecule has 1 aromatic carbocycles. The van der Waals surface area contributed by atoms with E-state index in [-0.39, 0.29) is 18.5 Å². The van der Waals surface area contributed by atoms with E-state index in [2.05, 4.69) is 26.9 Å². The average molecular weight is 397 g/mol. The van der Waals surface area contributed by atoms with E-state index >= 15 is 0 Å². The molecule has 7 nitrogen and oxygen atoms in total. The van der Waals surface area contributed by atoms with Gasteiger partial charge in [0.05, 0.1) is 0 Å². The summed E-state index contributed by atoms with van der Waals surface area (Å²) in [6, 6.07) is 6.13. The predicted octanol–water partition coefficient (Wildman–Crippen LogP) is 3.10. The summed E-state index contributed by atoms with van der Waals surface area (Å²) in [5.41, 5.74) is 0.961. The molecule has 1 amide bonds. The largest absolute Gasteiger partial charge is 0.471 e.